The number of aromatic hydroxyl groups is 1. The predicted molar refractivity (Wildman–Crippen MR) is 133 cm³/mol. The molecule has 2 heterocycles. The average molecular weight is 467 g/mol. The lowest BCUT2D eigenvalue weighted by atomic mass is 10.1. The van der Waals surface area contributed by atoms with Gasteiger partial charge >= 0.3 is 0 Å². The lowest BCUT2D eigenvalue weighted by molar-refractivity contribution is 0.0534. The Labute approximate surface area is 203 Å². The third-order valence-corrected chi connectivity index (χ3v) is 6.22. The molecule has 1 aromatic heterocycles. The van der Waals surface area contributed by atoms with Crippen molar-refractivity contribution in [3.63, 3.8) is 0 Å². The van der Waals surface area contributed by atoms with Crippen LogP contribution in [0.5, 0.6) is 5.75 Å². The van der Waals surface area contributed by atoms with Crippen LogP contribution in [-0.4, -0.2) is 62.7 Å². The van der Waals surface area contributed by atoms with E-state index in [4.69, 9.17) is 5.10 Å². The van der Waals surface area contributed by atoms with E-state index in [0.29, 0.717) is 44.0 Å². The maximum absolute atomic E-state index is 13.6. The number of aromatic nitrogens is 2. The molecular weight excluding hydrogens is 440 g/mol. The predicted octanol–water partition coefficient (Wildman–Crippen LogP) is 3.90. The van der Waals surface area contributed by atoms with Crippen LogP contribution in [0, 0.1) is 0 Å². The van der Waals surface area contributed by atoms with Gasteiger partial charge in [-0.25, -0.2) is 0 Å². The zero-order valence-electron chi connectivity index (χ0n) is 19.2. The summed E-state index contributed by atoms with van der Waals surface area (Å²) in [5.74, 6) is -0.358. The van der Waals surface area contributed by atoms with Gasteiger partial charge in [0.05, 0.1) is 17.7 Å². The van der Waals surface area contributed by atoms with Crippen molar-refractivity contribution in [3.8, 4) is 17.0 Å². The molecule has 2 amide bonds. The highest BCUT2D eigenvalue weighted by Gasteiger charge is 2.29. The Morgan fingerprint density at radius 3 is 1.89 bits per heavy atom. The van der Waals surface area contributed by atoms with Gasteiger partial charge in [0.25, 0.3) is 11.8 Å². The SMILES string of the molecule is O=C(c1ccccc1O)N1CCN(C(=O)c2cn(Cc3ccccc3)nc2-c2ccccc2)CC1. The largest absolute Gasteiger partial charge is 0.507 e. The molecule has 0 spiro atoms. The number of phenols is 1. The first-order valence-corrected chi connectivity index (χ1v) is 11.6. The molecule has 0 atom stereocenters. The van der Waals surface area contributed by atoms with Crippen LogP contribution in [0.25, 0.3) is 11.3 Å². The van der Waals surface area contributed by atoms with Gasteiger partial charge in [0, 0.05) is 37.9 Å². The third kappa shape index (κ3) is 4.80. The van der Waals surface area contributed by atoms with E-state index < -0.39 is 0 Å². The molecule has 7 nitrogen and oxygen atoms in total. The molecule has 0 aliphatic carbocycles. The zero-order valence-corrected chi connectivity index (χ0v) is 19.2. The van der Waals surface area contributed by atoms with E-state index in [1.165, 1.54) is 6.07 Å². The van der Waals surface area contributed by atoms with Gasteiger partial charge in [-0.05, 0) is 17.7 Å². The zero-order chi connectivity index (χ0) is 24.2. The molecule has 35 heavy (non-hydrogen) atoms. The van der Waals surface area contributed by atoms with Gasteiger partial charge in [0.15, 0.2) is 0 Å². The molecule has 5 rings (SSSR count). The summed E-state index contributed by atoms with van der Waals surface area (Å²) in [5, 5.41) is 14.8. The molecule has 1 N–H and O–H groups in total. The number of hydrogen-bond acceptors (Lipinski definition) is 4. The number of carbonyl (C=O) groups excluding carboxylic acids is 2. The van der Waals surface area contributed by atoms with Crippen LogP contribution < -0.4 is 0 Å². The van der Waals surface area contributed by atoms with Crippen LogP contribution in [0.4, 0.5) is 0 Å². The molecule has 1 aliphatic rings. The molecule has 1 aliphatic heterocycles. The Morgan fingerprint density at radius 2 is 1.26 bits per heavy atom. The first-order valence-electron chi connectivity index (χ1n) is 11.6. The average Bonchev–Trinajstić information content (AvgIpc) is 3.33. The van der Waals surface area contributed by atoms with E-state index in [2.05, 4.69) is 0 Å². The molecule has 1 saturated heterocycles. The van der Waals surface area contributed by atoms with Gasteiger partial charge in [-0.1, -0.05) is 72.8 Å². The highest BCUT2D eigenvalue weighted by molar-refractivity contribution is 6.00. The van der Waals surface area contributed by atoms with Crippen molar-refractivity contribution in [2.45, 2.75) is 6.54 Å². The van der Waals surface area contributed by atoms with Gasteiger partial charge in [-0.15, -0.1) is 0 Å². The van der Waals surface area contributed by atoms with Crippen LogP contribution in [0.1, 0.15) is 26.3 Å². The number of carbonyl (C=O) groups is 2. The molecule has 7 heteroatoms. The number of nitrogens with zero attached hydrogens (tertiary/aromatic N) is 4. The number of rotatable bonds is 5. The normalized spacial score (nSPS) is 13.6. The molecule has 0 unspecified atom stereocenters. The summed E-state index contributed by atoms with van der Waals surface area (Å²) in [5.41, 5.74) is 3.47. The quantitative estimate of drug-likeness (QED) is 0.484. The first-order chi connectivity index (χ1) is 17.1. The minimum atomic E-state index is -0.226. The van der Waals surface area contributed by atoms with Crippen molar-refractivity contribution in [3.05, 3.63) is 108 Å². The number of benzene rings is 3. The Bertz CT molecular complexity index is 1330. The summed E-state index contributed by atoms with van der Waals surface area (Å²) in [6.45, 7) is 2.19. The Hall–Kier alpha value is -4.39. The van der Waals surface area contributed by atoms with Crippen molar-refractivity contribution in [1.82, 2.24) is 19.6 Å². The molecule has 3 aromatic carbocycles. The lowest BCUT2D eigenvalue weighted by Gasteiger charge is -2.34. The van der Waals surface area contributed by atoms with Gasteiger partial charge < -0.3 is 14.9 Å². The minimum Gasteiger partial charge on any atom is -0.507 e. The number of amides is 2. The van der Waals surface area contributed by atoms with E-state index >= 15 is 0 Å². The number of hydrogen-bond donors (Lipinski definition) is 1. The number of phenolic OH excluding ortho intramolecular Hbond substituents is 1. The standard InChI is InChI=1S/C28H26N4O3/c33-25-14-8-7-13-23(25)27(34)30-15-17-31(18-16-30)28(35)24-20-32(19-21-9-3-1-4-10-21)29-26(24)22-11-5-2-6-12-22/h1-14,20,33H,15-19H2. The maximum Gasteiger partial charge on any atom is 0.257 e. The summed E-state index contributed by atoms with van der Waals surface area (Å²) >= 11 is 0. The summed E-state index contributed by atoms with van der Waals surface area (Å²) < 4.78 is 1.81. The lowest BCUT2D eigenvalue weighted by Crippen LogP contribution is -2.50. The number of piperazine rings is 1. The van der Waals surface area contributed by atoms with Gasteiger partial charge in [0.2, 0.25) is 0 Å². The van der Waals surface area contributed by atoms with Crippen molar-refractivity contribution in [2.24, 2.45) is 0 Å². The second kappa shape index (κ2) is 9.85. The van der Waals surface area contributed by atoms with Gasteiger partial charge in [-0.2, -0.15) is 5.10 Å². The van der Waals surface area contributed by atoms with E-state index in [-0.39, 0.29) is 23.1 Å². The highest BCUT2D eigenvalue weighted by atomic mass is 16.3. The minimum absolute atomic E-state index is 0.0330. The van der Waals surface area contributed by atoms with Crippen molar-refractivity contribution in [1.29, 1.82) is 0 Å². The van der Waals surface area contributed by atoms with Crippen LogP contribution in [0.3, 0.4) is 0 Å². The second-order valence-corrected chi connectivity index (χ2v) is 8.54. The van der Waals surface area contributed by atoms with Crippen LogP contribution in [0.15, 0.2) is 91.1 Å². The summed E-state index contributed by atoms with van der Waals surface area (Å²) in [6.07, 6.45) is 1.82. The molecule has 176 valence electrons. The maximum atomic E-state index is 13.6. The van der Waals surface area contributed by atoms with Crippen molar-refractivity contribution in [2.75, 3.05) is 26.2 Å². The van der Waals surface area contributed by atoms with Crippen molar-refractivity contribution >= 4 is 11.8 Å². The van der Waals surface area contributed by atoms with E-state index in [0.717, 1.165) is 11.1 Å². The smallest absolute Gasteiger partial charge is 0.257 e. The summed E-state index contributed by atoms with van der Waals surface area (Å²) in [4.78, 5) is 29.9. The molecule has 1 fully saturated rings. The fourth-order valence-corrected chi connectivity index (χ4v) is 4.35. The van der Waals surface area contributed by atoms with E-state index in [9.17, 15) is 14.7 Å². The molecule has 0 radical (unpaired) electrons. The molecular formula is C28H26N4O3. The van der Waals surface area contributed by atoms with E-state index in [1.54, 1.807) is 28.0 Å². The second-order valence-electron chi connectivity index (χ2n) is 8.54. The summed E-state index contributed by atoms with van der Waals surface area (Å²) in [7, 11) is 0. The molecule has 0 bridgehead atoms. The Kier molecular flexibility index (Phi) is 6.30. The molecule has 4 aromatic rings. The highest BCUT2D eigenvalue weighted by Crippen LogP contribution is 2.25. The monoisotopic (exact) mass is 466 g/mol. The third-order valence-electron chi connectivity index (χ3n) is 6.22. The van der Waals surface area contributed by atoms with Gasteiger partial charge in [-0.3, -0.25) is 14.3 Å². The van der Waals surface area contributed by atoms with E-state index in [1.807, 2.05) is 71.5 Å². The number of para-hydroxylation sites is 1. The van der Waals surface area contributed by atoms with Crippen LogP contribution in [0.2, 0.25) is 0 Å². The summed E-state index contributed by atoms with van der Waals surface area (Å²) in [6, 6.07) is 26.3. The van der Waals surface area contributed by atoms with Crippen LogP contribution >= 0.6 is 0 Å². The van der Waals surface area contributed by atoms with Crippen LogP contribution in [-0.2, 0) is 6.54 Å². The van der Waals surface area contributed by atoms with Gasteiger partial charge in [0.1, 0.15) is 11.4 Å². The fraction of sp³-hybridized carbons (Fsp3) is 0.179. The Morgan fingerprint density at radius 1 is 0.714 bits per heavy atom. The first kappa shape index (κ1) is 22.4. The topological polar surface area (TPSA) is 78.7 Å². The Balaban J connectivity index is 1.35. The van der Waals surface area contributed by atoms with Crippen molar-refractivity contribution < 1.29 is 14.7 Å². The fourth-order valence-electron chi connectivity index (χ4n) is 4.35. The molecule has 0 saturated carbocycles.